The summed E-state index contributed by atoms with van der Waals surface area (Å²) in [5.41, 5.74) is 2.12. The molecule has 0 amide bonds. The summed E-state index contributed by atoms with van der Waals surface area (Å²) in [6.07, 6.45) is 4.33. The number of carbonyl (C=O) groups excluding carboxylic acids is 1. The number of aryl methyl sites for hydroxylation is 1. The average molecular weight is 392 g/mol. The number of imidazole rings is 1. The zero-order valence-corrected chi connectivity index (χ0v) is 15.6. The maximum atomic E-state index is 13.0. The van der Waals surface area contributed by atoms with Crippen LogP contribution in [0.4, 0.5) is 0 Å². The topological polar surface area (TPSA) is 65.6 Å². The Balaban J connectivity index is 2.26. The van der Waals surface area contributed by atoms with Gasteiger partial charge in [-0.25, -0.2) is 9.78 Å². The fraction of sp³-hybridized carbons (Fsp3) is 0.278. The van der Waals surface area contributed by atoms with E-state index in [1.54, 1.807) is 24.4 Å². The second kappa shape index (κ2) is 6.14. The van der Waals surface area contributed by atoms with E-state index in [4.69, 9.17) is 27.9 Å². The van der Waals surface area contributed by atoms with Crippen LogP contribution in [-0.2, 0) is 18.2 Å². The van der Waals surface area contributed by atoms with E-state index in [1.807, 2.05) is 16.7 Å². The molecule has 6 nitrogen and oxygen atoms in total. The van der Waals surface area contributed by atoms with Gasteiger partial charge >= 0.3 is 5.97 Å². The SMILES string of the molecule is CCOC(=O)c1c(=O)c2ccc(Cl)nc2n2c3c(n(C)c12)CC(Cl)C=C3. The van der Waals surface area contributed by atoms with E-state index in [2.05, 4.69) is 4.98 Å². The molecule has 3 heterocycles. The maximum Gasteiger partial charge on any atom is 0.345 e. The molecule has 0 radical (unpaired) electrons. The van der Waals surface area contributed by atoms with Crippen molar-refractivity contribution in [3.8, 4) is 0 Å². The van der Waals surface area contributed by atoms with Crippen molar-refractivity contribution in [1.29, 1.82) is 0 Å². The van der Waals surface area contributed by atoms with Gasteiger partial charge in [0.05, 0.1) is 23.1 Å². The van der Waals surface area contributed by atoms with E-state index in [0.717, 1.165) is 11.4 Å². The summed E-state index contributed by atoms with van der Waals surface area (Å²) in [5, 5.41) is 0.415. The number of halogens is 2. The summed E-state index contributed by atoms with van der Waals surface area (Å²) < 4.78 is 8.73. The Bertz CT molecular complexity index is 1160. The molecule has 1 aliphatic carbocycles. The number of rotatable bonds is 2. The average Bonchev–Trinajstić information content (AvgIpc) is 2.88. The third kappa shape index (κ3) is 2.36. The molecule has 8 heteroatoms. The van der Waals surface area contributed by atoms with E-state index in [-0.39, 0.29) is 22.7 Å². The lowest BCUT2D eigenvalue weighted by Crippen LogP contribution is -2.22. The van der Waals surface area contributed by atoms with Crippen LogP contribution < -0.4 is 5.43 Å². The van der Waals surface area contributed by atoms with Gasteiger partial charge in [0.15, 0.2) is 5.65 Å². The molecular weight excluding hydrogens is 377 g/mol. The van der Waals surface area contributed by atoms with Gasteiger partial charge in [0, 0.05) is 19.2 Å². The molecule has 134 valence electrons. The van der Waals surface area contributed by atoms with Gasteiger partial charge in [-0.1, -0.05) is 17.7 Å². The third-order valence-corrected chi connectivity index (χ3v) is 5.06. The van der Waals surface area contributed by atoms with Crippen LogP contribution in [0, 0.1) is 0 Å². The van der Waals surface area contributed by atoms with Crippen LogP contribution in [0.1, 0.15) is 28.7 Å². The molecule has 0 N–H and O–H groups in total. The number of alkyl halides is 1. The highest BCUT2D eigenvalue weighted by molar-refractivity contribution is 6.29. The van der Waals surface area contributed by atoms with Gasteiger partial charge in [0.25, 0.3) is 0 Å². The monoisotopic (exact) mass is 391 g/mol. The van der Waals surface area contributed by atoms with E-state index in [0.29, 0.717) is 23.1 Å². The lowest BCUT2D eigenvalue weighted by Gasteiger charge is -2.11. The van der Waals surface area contributed by atoms with Gasteiger partial charge < -0.3 is 9.30 Å². The Hall–Kier alpha value is -2.31. The predicted molar refractivity (Wildman–Crippen MR) is 101 cm³/mol. The van der Waals surface area contributed by atoms with Gasteiger partial charge in [0.2, 0.25) is 5.43 Å². The Morgan fingerprint density at radius 1 is 1.42 bits per heavy atom. The number of carbonyl (C=O) groups is 1. The molecule has 0 spiro atoms. The highest BCUT2D eigenvalue weighted by atomic mass is 35.5. The first-order chi connectivity index (χ1) is 12.4. The number of allylic oxidation sites excluding steroid dienone is 1. The van der Waals surface area contributed by atoms with Crippen molar-refractivity contribution in [3.05, 3.63) is 50.5 Å². The minimum Gasteiger partial charge on any atom is -0.462 e. The smallest absolute Gasteiger partial charge is 0.345 e. The van der Waals surface area contributed by atoms with Gasteiger partial charge in [-0.3, -0.25) is 9.20 Å². The number of esters is 1. The summed E-state index contributed by atoms with van der Waals surface area (Å²) in [4.78, 5) is 30.0. The summed E-state index contributed by atoms with van der Waals surface area (Å²) in [5.74, 6) is -0.656. The van der Waals surface area contributed by atoms with Crippen LogP contribution in [0.15, 0.2) is 23.0 Å². The van der Waals surface area contributed by atoms with E-state index < -0.39 is 11.4 Å². The van der Waals surface area contributed by atoms with Crippen molar-refractivity contribution in [2.24, 2.45) is 7.05 Å². The minimum absolute atomic E-state index is 0.0140. The van der Waals surface area contributed by atoms with Crippen molar-refractivity contribution >= 4 is 51.9 Å². The number of pyridine rings is 2. The molecule has 1 unspecified atom stereocenters. The van der Waals surface area contributed by atoms with Crippen LogP contribution in [0.25, 0.3) is 22.8 Å². The number of fused-ring (bicyclic) bond motifs is 5. The normalized spacial score (nSPS) is 16.2. The largest absolute Gasteiger partial charge is 0.462 e. The van der Waals surface area contributed by atoms with Crippen molar-refractivity contribution in [2.75, 3.05) is 6.61 Å². The van der Waals surface area contributed by atoms with Gasteiger partial charge in [-0.05, 0) is 25.1 Å². The quantitative estimate of drug-likeness (QED) is 0.382. The Morgan fingerprint density at radius 2 is 2.19 bits per heavy atom. The molecular formula is C18H15Cl2N3O3. The van der Waals surface area contributed by atoms with Crippen LogP contribution in [0.3, 0.4) is 0 Å². The van der Waals surface area contributed by atoms with Crippen molar-refractivity contribution < 1.29 is 9.53 Å². The van der Waals surface area contributed by atoms with Crippen LogP contribution >= 0.6 is 23.2 Å². The standard InChI is InChI=1S/C18H15Cl2N3O3/c1-3-26-18(25)14-15(24)10-5-7-13(20)21-16(10)23-11-6-4-9(19)8-12(11)22(2)17(14)23/h4-7,9H,3,8H2,1-2H3. The molecule has 4 rings (SSSR count). The van der Waals surface area contributed by atoms with Crippen LogP contribution in [0.2, 0.25) is 5.15 Å². The molecule has 0 fully saturated rings. The first-order valence-corrected chi connectivity index (χ1v) is 8.97. The first kappa shape index (κ1) is 17.1. The van der Waals surface area contributed by atoms with Gasteiger partial charge in [-0.15, -0.1) is 11.6 Å². The number of nitrogens with zero attached hydrogens (tertiary/aromatic N) is 3. The highest BCUT2D eigenvalue weighted by Gasteiger charge is 2.28. The number of aromatic nitrogens is 3. The maximum absolute atomic E-state index is 13.0. The van der Waals surface area contributed by atoms with Crippen LogP contribution in [0.5, 0.6) is 0 Å². The fourth-order valence-corrected chi connectivity index (χ4v) is 3.81. The molecule has 0 saturated heterocycles. The molecule has 0 saturated carbocycles. The Kier molecular flexibility index (Phi) is 4.04. The third-order valence-electron chi connectivity index (χ3n) is 4.55. The Morgan fingerprint density at radius 3 is 2.92 bits per heavy atom. The molecule has 0 bridgehead atoms. The summed E-state index contributed by atoms with van der Waals surface area (Å²) >= 11 is 12.3. The summed E-state index contributed by atoms with van der Waals surface area (Å²) in [6.45, 7) is 1.88. The molecule has 3 aromatic heterocycles. The van der Waals surface area contributed by atoms with E-state index in [9.17, 15) is 9.59 Å². The molecule has 26 heavy (non-hydrogen) atoms. The number of hydrogen-bond donors (Lipinski definition) is 0. The zero-order valence-electron chi connectivity index (χ0n) is 14.1. The van der Waals surface area contributed by atoms with E-state index in [1.165, 1.54) is 6.07 Å². The minimum atomic E-state index is -0.656. The zero-order chi connectivity index (χ0) is 18.6. The van der Waals surface area contributed by atoms with Crippen molar-refractivity contribution in [3.63, 3.8) is 0 Å². The number of hydrogen-bond acceptors (Lipinski definition) is 4. The van der Waals surface area contributed by atoms with E-state index >= 15 is 0 Å². The molecule has 1 aliphatic rings. The molecule has 3 aromatic rings. The summed E-state index contributed by atoms with van der Waals surface area (Å²) in [7, 11) is 1.80. The summed E-state index contributed by atoms with van der Waals surface area (Å²) in [6, 6.07) is 3.12. The van der Waals surface area contributed by atoms with Crippen molar-refractivity contribution in [2.45, 2.75) is 18.7 Å². The number of ether oxygens (including phenoxy) is 1. The Labute approximate surface area is 158 Å². The second-order valence-electron chi connectivity index (χ2n) is 6.06. The van der Waals surface area contributed by atoms with Gasteiger partial charge in [-0.2, -0.15) is 0 Å². The molecule has 0 aromatic carbocycles. The fourth-order valence-electron chi connectivity index (χ4n) is 3.44. The molecule has 0 aliphatic heterocycles. The predicted octanol–water partition coefficient (Wildman–Crippen LogP) is 3.19. The highest BCUT2D eigenvalue weighted by Crippen LogP contribution is 2.29. The van der Waals surface area contributed by atoms with Gasteiger partial charge in [0.1, 0.15) is 16.4 Å². The van der Waals surface area contributed by atoms with Crippen LogP contribution in [-0.4, -0.2) is 31.9 Å². The lowest BCUT2D eigenvalue weighted by molar-refractivity contribution is 0.0526. The molecule has 1 atom stereocenters. The first-order valence-electron chi connectivity index (χ1n) is 8.16. The lowest BCUT2D eigenvalue weighted by atomic mass is 10.1. The second-order valence-corrected chi connectivity index (χ2v) is 7.01. The van der Waals surface area contributed by atoms with Crippen molar-refractivity contribution in [1.82, 2.24) is 14.0 Å².